The first-order valence-electron chi connectivity index (χ1n) is 14.9. The molecule has 2 saturated heterocycles. The Kier molecular flexibility index (Phi) is 12.3. The minimum absolute atomic E-state index is 0.0270. The van der Waals surface area contributed by atoms with Crippen molar-refractivity contribution in [2.45, 2.75) is 30.4 Å². The highest BCUT2D eigenvalue weighted by Gasteiger charge is 2.54. The van der Waals surface area contributed by atoms with E-state index in [2.05, 4.69) is 20.8 Å². The van der Waals surface area contributed by atoms with E-state index in [1.165, 1.54) is 35.0 Å². The molecule has 2 fully saturated rings. The molecule has 4 heterocycles. The molecule has 0 saturated carbocycles. The fraction of sp³-hybridized carbons (Fsp3) is 0.414. The number of carboxylic acids is 2. The molecular weight excluding hydrogens is 756 g/mol. The number of phenols is 2. The summed E-state index contributed by atoms with van der Waals surface area (Å²) in [5.74, 6) is -3.61. The molecule has 50 heavy (non-hydrogen) atoms. The maximum absolute atomic E-state index is 13.5. The van der Waals surface area contributed by atoms with Crippen molar-refractivity contribution < 1.29 is 49.2 Å². The molecule has 2 aromatic rings. The molecule has 8 N–H and O–H groups in total. The van der Waals surface area contributed by atoms with Crippen LogP contribution in [0.1, 0.15) is 28.9 Å². The van der Waals surface area contributed by atoms with Crippen molar-refractivity contribution in [2.75, 3.05) is 41.0 Å². The number of β-lactam (4-membered cyclic amide) rings is 1. The predicted molar refractivity (Wildman–Crippen MR) is 190 cm³/mol. The smallest absolute Gasteiger partial charge is 0.352 e. The van der Waals surface area contributed by atoms with Crippen LogP contribution in [-0.2, 0) is 24.0 Å². The number of hydrogen-bond acceptors (Lipinski definition) is 15. The Hall–Kier alpha value is -3.85. The van der Waals surface area contributed by atoms with Crippen molar-refractivity contribution >= 4 is 98.7 Å². The molecule has 1 unspecified atom stereocenters. The third-order valence-electron chi connectivity index (χ3n) is 7.86. The number of halogens is 1. The fourth-order valence-electron chi connectivity index (χ4n) is 5.32. The lowest BCUT2D eigenvalue weighted by molar-refractivity contribution is -0.154. The Morgan fingerprint density at radius 3 is 2.60 bits per heavy atom. The van der Waals surface area contributed by atoms with E-state index < -0.39 is 58.7 Å². The molecule has 21 heteroatoms. The largest absolute Gasteiger partial charge is 0.504 e. The quantitative estimate of drug-likeness (QED) is 0.0476. The third kappa shape index (κ3) is 8.20. The van der Waals surface area contributed by atoms with Crippen molar-refractivity contribution in [3.05, 3.63) is 45.1 Å². The molecule has 3 amide bonds. The number of carbonyl (C=O) groups is 5. The predicted octanol–water partition coefficient (Wildman–Crippen LogP) is 2.01. The molecule has 16 nitrogen and oxygen atoms in total. The number of hydrogen-bond donors (Lipinski definition) is 7. The zero-order valence-corrected chi connectivity index (χ0v) is 29.9. The molecule has 268 valence electrons. The van der Waals surface area contributed by atoms with E-state index in [0.717, 1.165) is 33.8 Å². The minimum atomic E-state index is -1.31. The lowest BCUT2D eigenvalue weighted by atomic mass is 9.96. The van der Waals surface area contributed by atoms with Gasteiger partial charge in [-0.25, -0.2) is 14.6 Å². The van der Waals surface area contributed by atoms with Crippen LogP contribution in [-0.4, -0.2) is 119 Å². The first-order chi connectivity index (χ1) is 23.9. The van der Waals surface area contributed by atoms with Gasteiger partial charge >= 0.3 is 11.9 Å². The molecular formula is C29H31ClN6O10S4. The van der Waals surface area contributed by atoms with Gasteiger partial charge in [-0.2, -0.15) is 23.5 Å². The maximum atomic E-state index is 13.5. The number of nitrogen functional groups attached to an aromatic ring is 1. The highest BCUT2D eigenvalue weighted by molar-refractivity contribution is 8.01. The maximum Gasteiger partial charge on any atom is 0.352 e. The Balaban J connectivity index is 1.21. The number of thioether (sulfide) groups is 3. The normalized spacial score (nSPS) is 20.1. The summed E-state index contributed by atoms with van der Waals surface area (Å²) in [5, 5.41) is 48.8. The second kappa shape index (κ2) is 16.4. The number of nitrogens with two attached hydrogens (primary N) is 1. The zero-order valence-electron chi connectivity index (χ0n) is 25.9. The number of aromatic hydroxyl groups is 2. The summed E-state index contributed by atoms with van der Waals surface area (Å²) >= 11 is 11.3. The van der Waals surface area contributed by atoms with E-state index in [9.17, 15) is 44.4 Å². The summed E-state index contributed by atoms with van der Waals surface area (Å²) in [6, 6.07) is 1.30. The van der Waals surface area contributed by atoms with Crippen LogP contribution in [0.4, 0.5) is 5.13 Å². The number of nitrogens with one attached hydrogen (secondary N) is 2. The summed E-state index contributed by atoms with van der Waals surface area (Å²) < 4.78 is 0. The van der Waals surface area contributed by atoms with E-state index in [1.807, 2.05) is 0 Å². The summed E-state index contributed by atoms with van der Waals surface area (Å²) in [5.41, 5.74) is 5.68. The number of carboxylic acid groups (broad SMARTS) is 2. The molecule has 0 spiro atoms. The van der Waals surface area contributed by atoms with Gasteiger partial charge in [0.2, 0.25) is 6.10 Å². The van der Waals surface area contributed by atoms with Crippen LogP contribution in [0.3, 0.4) is 0 Å². The highest BCUT2D eigenvalue weighted by Crippen LogP contribution is 2.41. The molecule has 3 aliphatic heterocycles. The van der Waals surface area contributed by atoms with E-state index in [-0.39, 0.29) is 56.8 Å². The average Bonchev–Trinajstić information content (AvgIpc) is 3.52. The van der Waals surface area contributed by atoms with E-state index in [0.29, 0.717) is 24.2 Å². The van der Waals surface area contributed by atoms with E-state index >= 15 is 0 Å². The first-order valence-corrected chi connectivity index (χ1v) is 19.5. The summed E-state index contributed by atoms with van der Waals surface area (Å²) in [6.07, 6.45) is -0.0911. The summed E-state index contributed by atoms with van der Waals surface area (Å²) in [4.78, 5) is 74.2. The molecule has 3 aliphatic rings. The van der Waals surface area contributed by atoms with E-state index in [4.69, 9.17) is 22.2 Å². The van der Waals surface area contributed by atoms with Gasteiger partial charge in [0.1, 0.15) is 22.8 Å². The molecule has 0 radical (unpaired) electrons. The van der Waals surface area contributed by atoms with E-state index in [1.54, 1.807) is 11.8 Å². The standard InChI is InChI=1S/C29H31ClN6O10S4/c30-17-14(1-2-16(37)21(17)38)23(39)32-5-8-48-9-13-10-49-26-19(25(41)36(26)20(13)27(42)43)34-24(40)18(15-11-50-29(31)33-15)35-46-22(28(44)45)12-3-6-47-7-4-12/h1-2,11-12,19,22,26,37-38H,3-10H2,(H2,31,33)(H,32,39)(H,34,40)(H,42,43)(H,44,45)/b35-18-/t19-,22?,26-/m1/s1. The number of benzene rings is 1. The Bertz CT molecular complexity index is 1750. The van der Waals surface area contributed by atoms with Crippen LogP contribution in [0.25, 0.3) is 0 Å². The van der Waals surface area contributed by atoms with Gasteiger partial charge in [0.25, 0.3) is 17.7 Å². The van der Waals surface area contributed by atoms with Crippen LogP contribution >= 0.6 is 58.2 Å². The number of oxime groups is 1. The van der Waals surface area contributed by atoms with Crippen molar-refractivity contribution in [2.24, 2.45) is 11.1 Å². The lowest BCUT2D eigenvalue weighted by Crippen LogP contribution is -2.71. The Labute approximate surface area is 306 Å². The van der Waals surface area contributed by atoms with Crippen molar-refractivity contribution in [3.8, 4) is 11.5 Å². The van der Waals surface area contributed by atoms with Crippen LogP contribution in [0.15, 0.2) is 33.9 Å². The number of fused-ring (bicyclic) bond motifs is 1. The van der Waals surface area contributed by atoms with Crippen molar-refractivity contribution in [1.82, 2.24) is 20.5 Å². The van der Waals surface area contributed by atoms with Gasteiger partial charge in [0.15, 0.2) is 22.3 Å². The average molecular weight is 787 g/mol. The number of aromatic nitrogens is 1. The topological polar surface area (TPSA) is 254 Å². The zero-order chi connectivity index (χ0) is 36.1. The number of thiazole rings is 1. The summed E-state index contributed by atoms with van der Waals surface area (Å²) in [6.45, 7) is 0.175. The number of phenolic OH excluding ortho intramolecular Hbond substituents is 2. The van der Waals surface area contributed by atoms with Crippen LogP contribution in [0.2, 0.25) is 5.02 Å². The van der Waals surface area contributed by atoms with Crippen molar-refractivity contribution in [3.63, 3.8) is 0 Å². The molecule has 0 bridgehead atoms. The molecule has 1 aromatic carbocycles. The molecule has 0 aliphatic carbocycles. The highest BCUT2D eigenvalue weighted by atomic mass is 35.5. The number of carbonyl (C=O) groups excluding carboxylic acids is 3. The fourth-order valence-corrected chi connectivity index (χ4v) is 9.61. The van der Waals surface area contributed by atoms with Crippen LogP contribution < -0.4 is 16.4 Å². The van der Waals surface area contributed by atoms with Gasteiger partial charge in [0.05, 0.1) is 10.6 Å². The Morgan fingerprint density at radius 2 is 1.94 bits per heavy atom. The molecule has 3 atom stereocenters. The Morgan fingerprint density at radius 1 is 1.20 bits per heavy atom. The SMILES string of the molecule is Nc1nc(/C(=N/OC(C(=O)O)C2CCSCC2)C(=O)N[C@@H]2C(=O)N3C(C(=O)O)=C(CSCCNC(=O)c4ccc(O)c(O)c4Cl)CS[C@H]23)cs1. The summed E-state index contributed by atoms with van der Waals surface area (Å²) in [7, 11) is 0. The number of aliphatic carboxylic acids is 2. The third-order valence-corrected chi connectivity index (χ3v) is 12.3. The van der Waals surface area contributed by atoms with Gasteiger partial charge in [-0.15, -0.1) is 23.1 Å². The number of nitrogens with zero attached hydrogens (tertiary/aromatic N) is 3. The second-order valence-corrected chi connectivity index (χ2v) is 15.7. The lowest BCUT2D eigenvalue weighted by Gasteiger charge is -2.49. The van der Waals surface area contributed by atoms with Gasteiger partial charge < -0.3 is 41.6 Å². The van der Waals surface area contributed by atoms with Crippen LogP contribution in [0.5, 0.6) is 11.5 Å². The number of amides is 3. The number of anilines is 1. The molecule has 1 aromatic heterocycles. The minimum Gasteiger partial charge on any atom is -0.504 e. The monoisotopic (exact) mass is 786 g/mol. The van der Waals surface area contributed by atoms with Gasteiger partial charge in [-0.05, 0) is 42.1 Å². The first kappa shape index (κ1) is 37.4. The van der Waals surface area contributed by atoms with Gasteiger partial charge in [-0.1, -0.05) is 16.8 Å². The molecule has 5 rings (SSSR count). The second-order valence-electron chi connectivity index (χ2n) is 11.0. The number of rotatable bonds is 14. The van der Waals surface area contributed by atoms with Gasteiger partial charge in [0, 0.05) is 35.1 Å². The van der Waals surface area contributed by atoms with Crippen molar-refractivity contribution in [1.29, 1.82) is 0 Å². The van der Waals surface area contributed by atoms with Crippen LogP contribution in [0, 0.1) is 5.92 Å². The van der Waals surface area contributed by atoms with Gasteiger partial charge in [-0.3, -0.25) is 19.3 Å².